The van der Waals surface area contributed by atoms with Crippen LogP contribution in [-0.4, -0.2) is 41.0 Å². The van der Waals surface area contributed by atoms with Gasteiger partial charge in [-0.15, -0.1) is 0 Å². The van der Waals surface area contributed by atoms with Crippen molar-refractivity contribution in [2.45, 2.75) is 31.7 Å². The maximum atomic E-state index is 11.7. The summed E-state index contributed by atoms with van der Waals surface area (Å²) < 4.78 is 0. The third kappa shape index (κ3) is 2.72. The third-order valence-corrected chi connectivity index (χ3v) is 3.41. The van der Waals surface area contributed by atoms with Gasteiger partial charge in [-0.1, -0.05) is 0 Å². The second-order valence-electron chi connectivity index (χ2n) is 4.97. The summed E-state index contributed by atoms with van der Waals surface area (Å²) in [5.74, 6) is -0.0218. The molecule has 1 aliphatic heterocycles. The highest BCUT2D eigenvalue weighted by molar-refractivity contribution is 5.78. The molecule has 1 saturated carbocycles. The molecule has 0 radical (unpaired) electrons. The molecular formula is C11H18N2O3. The molecule has 2 rings (SSSR count). The monoisotopic (exact) mass is 226 g/mol. The standard InChI is InChI=1S/C11H18N2O3/c12-9(8-1-2-8)4-10(14)13-5-7(6-13)3-11(15)16/h7-9H,1-6,12H2,(H,15,16). The van der Waals surface area contributed by atoms with Crippen molar-refractivity contribution in [3.63, 3.8) is 0 Å². The summed E-state index contributed by atoms with van der Waals surface area (Å²) in [4.78, 5) is 23.8. The molecule has 0 aromatic carbocycles. The fraction of sp³-hybridized carbons (Fsp3) is 0.818. The number of hydrogen-bond acceptors (Lipinski definition) is 3. The molecule has 0 aromatic heterocycles. The van der Waals surface area contributed by atoms with Gasteiger partial charge in [0.1, 0.15) is 0 Å². The van der Waals surface area contributed by atoms with Crippen LogP contribution in [0.4, 0.5) is 0 Å². The lowest BCUT2D eigenvalue weighted by atomic mass is 9.95. The van der Waals surface area contributed by atoms with Gasteiger partial charge in [0.15, 0.2) is 0 Å². The Morgan fingerprint density at radius 3 is 2.50 bits per heavy atom. The lowest BCUT2D eigenvalue weighted by molar-refractivity contribution is -0.145. The van der Waals surface area contributed by atoms with Gasteiger partial charge >= 0.3 is 5.97 Å². The number of aliphatic carboxylic acids is 1. The molecule has 1 unspecified atom stereocenters. The number of rotatable bonds is 5. The molecule has 0 aromatic rings. The predicted molar refractivity (Wildman–Crippen MR) is 57.6 cm³/mol. The summed E-state index contributed by atoms with van der Waals surface area (Å²) in [5.41, 5.74) is 5.87. The average Bonchev–Trinajstić information content (AvgIpc) is 2.92. The molecule has 5 heteroatoms. The summed E-state index contributed by atoms with van der Waals surface area (Å²) in [6, 6.07) is 0.00558. The number of nitrogens with two attached hydrogens (primary N) is 1. The predicted octanol–water partition coefficient (Wildman–Crippen LogP) is 0.0469. The summed E-state index contributed by atoms with van der Waals surface area (Å²) in [5, 5.41) is 8.58. The van der Waals surface area contributed by atoms with Gasteiger partial charge in [-0.2, -0.15) is 0 Å². The first kappa shape index (κ1) is 11.4. The van der Waals surface area contributed by atoms with Crippen molar-refractivity contribution in [2.24, 2.45) is 17.6 Å². The Bertz CT molecular complexity index is 296. The van der Waals surface area contributed by atoms with E-state index >= 15 is 0 Å². The number of carbonyl (C=O) groups is 2. The number of amides is 1. The highest BCUT2D eigenvalue weighted by atomic mass is 16.4. The van der Waals surface area contributed by atoms with Crippen LogP contribution < -0.4 is 5.73 Å². The second kappa shape index (κ2) is 4.41. The van der Waals surface area contributed by atoms with E-state index in [1.165, 1.54) is 0 Å². The van der Waals surface area contributed by atoms with Gasteiger partial charge in [0.25, 0.3) is 0 Å². The maximum Gasteiger partial charge on any atom is 0.303 e. The van der Waals surface area contributed by atoms with Crippen LogP contribution in [0.5, 0.6) is 0 Å². The molecule has 0 bridgehead atoms. The number of carbonyl (C=O) groups excluding carboxylic acids is 1. The molecule has 3 N–H and O–H groups in total. The Morgan fingerprint density at radius 2 is 2.00 bits per heavy atom. The van der Waals surface area contributed by atoms with Crippen molar-refractivity contribution >= 4 is 11.9 Å². The average molecular weight is 226 g/mol. The van der Waals surface area contributed by atoms with Gasteiger partial charge in [-0.3, -0.25) is 9.59 Å². The SMILES string of the molecule is NC(CC(=O)N1CC(CC(=O)O)C1)C1CC1. The van der Waals surface area contributed by atoms with Gasteiger partial charge in [0.05, 0.1) is 6.42 Å². The van der Waals surface area contributed by atoms with Crippen molar-refractivity contribution in [3.8, 4) is 0 Å². The van der Waals surface area contributed by atoms with E-state index < -0.39 is 5.97 Å². The molecule has 5 nitrogen and oxygen atoms in total. The molecule has 2 fully saturated rings. The van der Waals surface area contributed by atoms with E-state index in [2.05, 4.69) is 0 Å². The van der Waals surface area contributed by atoms with Crippen molar-refractivity contribution in [2.75, 3.05) is 13.1 Å². The van der Waals surface area contributed by atoms with Crippen LogP contribution in [0.2, 0.25) is 0 Å². The number of carboxylic acids is 1. The van der Waals surface area contributed by atoms with Gasteiger partial charge in [-0.05, 0) is 18.8 Å². The van der Waals surface area contributed by atoms with Crippen molar-refractivity contribution in [3.05, 3.63) is 0 Å². The minimum Gasteiger partial charge on any atom is -0.481 e. The molecule has 2 aliphatic rings. The fourth-order valence-electron chi connectivity index (χ4n) is 2.17. The number of likely N-dealkylation sites (tertiary alicyclic amines) is 1. The van der Waals surface area contributed by atoms with Gasteiger partial charge < -0.3 is 15.7 Å². The Balaban J connectivity index is 1.66. The van der Waals surface area contributed by atoms with Gasteiger partial charge in [0.2, 0.25) is 5.91 Å². The van der Waals surface area contributed by atoms with Crippen LogP contribution in [0.25, 0.3) is 0 Å². The zero-order valence-corrected chi connectivity index (χ0v) is 9.26. The molecule has 16 heavy (non-hydrogen) atoms. The summed E-state index contributed by atoms with van der Waals surface area (Å²) in [6.07, 6.45) is 2.88. The normalized spacial score (nSPS) is 22.7. The molecule has 1 aliphatic carbocycles. The fourth-order valence-corrected chi connectivity index (χ4v) is 2.17. The molecule has 1 atom stereocenters. The third-order valence-electron chi connectivity index (χ3n) is 3.41. The maximum absolute atomic E-state index is 11.7. The Morgan fingerprint density at radius 1 is 1.38 bits per heavy atom. The topological polar surface area (TPSA) is 83.6 Å². The molecule has 1 saturated heterocycles. The van der Waals surface area contributed by atoms with Crippen LogP contribution in [0.3, 0.4) is 0 Å². The molecular weight excluding hydrogens is 208 g/mol. The van der Waals surface area contributed by atoms with Crippen LogP contribution in [0, 0.1) is 11.8 Å². The van der Waals surface area contributed by atoms with Crippen LogP contribution in [0.15, 0.2) is 0 Å². The van der Waals surface area contributed by atoms with Crippen molar-refractivity contribution in [1.82, 2.24) is 4.90 Å². The number of hydrogen-bond donors (Lipinski definition) is 2. The molecule has 1 heterocycles. The first-order chi connectivity index (χ1) is 7.56. The largest absolute Gasteiger partial charge is 0.481 e. The lowest BCUT2D eigenvalue weighted by Gasteiger charge is -2.39. The first-order valence-electron chi connectivity index (χ1n) is 5.81. The van der Waals surface area contributed by atoms with E-state index in [9.17, 15) is 9.59 Å². The smallest absolute Gasteiger partial charge is 0.303 e. The van der Waals surface area contributed by atoms with E-state index in [0.29, 0.717) is 25.4 Å². The summed E-state index contributed by atoms with van der Waals surface area (Å²) >= 11 is 0. The van der Waals surface area contributed by atoms with Crippen LogP contribution in [-0.2, 0) is 9.59 Å². The minimum absolute atomic E-state index is 0.00558. The molecule has 0 spiro atoms. The highest BCUT2D eigenvalue weighted by Crippen LogP contribution is 2.33. The summed E-state index contributed by atoms with van der Waals surface area (Å²) in [6.45, 7) is 1.17. The zero-order chi connectivity index (χ0) is 11.7. The Kier molecular flexibility index (Phi) is 3.14. The zero-order valence-electron chi connectivity index (χ0n) is 9.26. The molecule has 90 valence electrons. The van der Waals surface area contributed by atoms with E-state index in [1.807, 2.05) is 0 Å². The quantitative estimate of drug-likeness (QED) is 0.693. The van der Waals surface area contributed by atoms with E-state index in [0.717, 1.165) is 12.8 Å². The molecule has 1 amide bonds. The summed E-state index contributed by atoms with van der Waals surface area (Å²) in [7, 11) is 0. The number of carboxylic acid groups (broad SMARTS) is 1. The highest BCUT2D eigenvalue weighted by Gasteiger charge is 2.35. The van der Waals surface area contributed by atoms with E-state index in [-0.39, 0.29) is 24.3 Å². The van der Waals surface area contributed by atoms with Crippen LogP contribution in [0.1, 0.15) is 25.7 Å². The van der Waals surface area contributed by atoms with Crippen molar-refractivity contribution in [1.29, 1.82) is 0 Å². The van der Waals surface area contributed by atoms with Crippen molar-refractivity contribution < 1.29 is 14.7 Å². The van der Waals surface area contributed by atoms with Gasteiger partial charge in [-0.25, -0.2) is 0 Å². The van der Waals surface area contributed by atoms with Crippen LogP contribution >= 0.6 is 0 Å². The van der Waals surface area contributed by atoms with Gasteiger partial charge in [0, 0.05) is 31.5 Å². The van der Waals surface area contributed by atoms with E-state index in [4.69, 9.17) is 10.8 Å². The Hall–Kier alpha value is -1.10. The second-order valence-corrected chi connectivity index (χ2v) is 4.97. The minimum atomic E-state index is -0.785. The lowest BCUT2D eigenvalue weighted by Crippen LogP contribution is -2.51. The van der Waals surface area contributed by atoms with E-state index in [1.54, 1.807) is 4.90 Å². The first-order valence-corrected chi connectivity index (χ1v) is 5.81. The number of nitrogens with zero attached hydrogens (tertiary/aromatic N) is 1. The Labute approximate surface area is 94.6 Å².